The fraction of sp³-hybridized carbons (Fsp3) is 0.333. The summed E-state index contributed by atoms with van der Waals surface area (Å²) in [7, 11) is 0. The Morgan fingerprint density at radius 3 is 2.67 bits per heavy atom. The van der Waals surface area contributed by atoms with Gasteiger partial charge in [-0.15, -0.1) is 0 Å². The molecule has 82 valence electrons. The Morgan fingerprint density at radius 1 is 1.27 bits per heavy atom. The highest BCUT2D eigenvalue weighted by Crippen LogP contribution is 2.11. The molecule has 0 radical (unpaired) electrons. The van der Waals surface area contributed by atoms with Crippen molar-refractivity contribution in [3.05, 3.63) is 40.9 Å². The zero-order valence-electron chi connectivity index (χ0n) is 8.66. The number of rotatable bonds is 6. The molecule has 1 aromatic carbocycles. The fourth-order valence-electron chi connectivity index (χ4n) is 1.09. The van der Waals surface area contributed by atoms with E-state index >= 15 is 0 Å². The van der Waals surface area contributed by atoms with Gasteiger partial charge < -0.3 is 5.73 Å². The normalized spacial score (nSPS) is 11.1. The lowest BCUT2D eigenvalue weighted by atomic mass is 10.2. The molecular formula is C12H16ClNS. The number of hydrogen-bond donors (Lipinski definition) is 1. The maximum absolute atomic E-state index is 5.79. The molecule has 15 heavy (non-hydrogen) atoms. The molecule has 0 fully saturated rings. The van der Waals surface area contributed by atoms with E-state index in [-0.39, 0.29) is 0 Å². The van der Waals surface area contributed by atoms with Gasteiger partial charge in [0, 0.05) is 10.8 Å². The number of benzene rings is 1. The van der Waals surface area contributed by atoms with Crippen LogP contribution in [0.3, 0.4) is 0 Å². The summed E-state index contributed by atoms with van der Waals surface area (Å²) < 4.78 is 0. The predicted octanol–water partition coefficient (Wildman–Crippen LogP) is 3.44. The van der Waals surface area contributed by atoms with E-state index in [9.17, 15) is 0 Å². The molecule has 0 unspecified atom stereocenters. The average Bonchev–Trinajstić information content (AvgIpc) is 2.26. The van der Waals surface area contributed by atoms with Crippen LogP contribution in [0.15, 0.2) is 30.3 Å². The molecule has 2 N–H and O–H groups in total. The third-order valence-electron chi connectivity index (χ3n) is 1.89. The standard InChI is InChI=1S/C12H16ClNS/c13-12-6-4-11(5-7-12)3-1-9-15-10-2-8-14/h1,3-7H,2,8-10,14H2/b3-1+. The highest BCUT2D eigenvalue weighted by Gasteiger charge is 1.88. The first-order valence-corrected chi connectivity index (χ1v) is 6.56. The van der Waals surface area contributed by atoms with Crippen LogP contribution >= 0.6 is 23.4 Å². The summed E-state index contributed by atoms with van der Waals surface area (Å²) in [6, 6.07) is 7.85. The van der Waals surface area contributed by atoms with Crippen molar-refractivity contribution < 1.29 is 0 Å². The van der Waals surface area contributed by atoms with Crippen molar-refractivity contribution in [3.8, 4) is 0 Å². The molecule has 0 saturated heterocycles. The van der Waals surface area contributed by atoms with E-state index in [0.717, 1.165) is 29.5 Å². The monoisotopic (exact) mass is 241 g/mol. The summed E-state index contributed by atoms with van der Waals surface area (Å²) in [5.41, 5.74) is 6.60. The second-order valence-electron chi connectivity index (χ2n) is 3.17. The number of thioether (sulfide) groups is 1. The molecule has 0 heterocycles. The maximum Gasteiger partial charge on any atom is 0.0406 e. The third-order valence-corrected chi connectivity index (χ3v) is 3.14. The predicted molar refractivity (Wildman–Crippen MR) is 71.5 cm³/mol. The van der Waals surface area contributed by atoms with E-state index < -0.39 is 0 Å². The van der Waals surface area contributed by atoms with Gasteiger partial charge in [-0.2, -0.15) is 11.8 Å². The van der Waals surface area contributed by atoms with Crippen LogP contribution in [-0.4, -0.2) is 18.1 Å². The molecule has 0 amide bonds. The van der Waals surface area contributed by atoms with Gasteiger partial charge >= 0.3 is 0 Å². The van der Waals surface area contributed by atoms with Crippen molar-refractivity contribution >= 4 is 29.4 Å². The minimum atomic E-state index is 0.782. The zero-order chi connectivity index (χ0) is 10.9. The van der Waals surface area contributed by atoms with E-state index in [1.54, 1.807) is 0 Å². The van der Waals surface area contributed by atoms with Crippen molar-refractivity contribution in [1.29, 1.82) is 0 Å². The van der Waals surface area contributed by atoms with E-state index in [2.05, 4.69) is 12.2 Å². The number of halogens is 1. The Kier molecular flexibility index (Phi) is 6.57. The summed E-state index contributed by atoms with van der Waals surface area (Å²) in [6.45, 7) is 0.786. The van der Waals surface area contributed by atoms with Crippen LogP contribution in [0.25, 0.3) is 6.08 Å². The molecule has 0 aliphatic heterocycles. The smallest absolute Gasteiger partial charge is 0.0406 e. The summed E-state index contributed by atoms with van der Waals surface area (Å²) in [4.78, 5) is 0. The summed E-state index contributed by atoms with van der Waals surface area (Å²) in [5.74, 6) is 2.18. The van der Waals surface area contributed by atoms with Crippen LogP contribution in [0.5, 0.6) is 0 Å². The fourth-order valence-corrected chi connectivity index (χ4v) is 1.99. The van der Waals surface area contributed by atoms with Crippen molar-refractivity contribution in [2.24, 2.45) is 5.73 Å². The average molecular weight is 242 g/mol. The Hall–Kier alpha value is -0.440. The Balaban J connectivity index is 2.23. The van der Waals surface area contributed by atoms with Crippen LogP contribution in [-0.2, 0) is 0 Å². The first kappa shape index (κ1) is 12.6. The maximum atomic E-state index is 5.79. The summed E-state index contributed by atoms with van der Waals surface area (Å²) in [6.07, 6.45) is 5.38. The van der Waals surface area contributed by atoms with Crippen molar-refractivity contribution in [2.45, 2.75) is 6.42 Å². The Labute approximate surface area is 101 Å². The number of hydrogen-bond acceptors (Lipinski definition) is 2. The lowest BCUT2D eigenvalue weighted by Crippen LogP contribution is -1.99. The van der Waals surface area contributed by atoms with Gasteiger partial charge in [0.25, 0.3) is 0 Å². The molecule has 3 heteroatoms. The lowest BCUT2D eigenvalue weighted by molar-refractivity contribution is 0.944. The Bertz CT molecular complexity index is 295. The summed E-state index contributed by atoms with van der Waals surface area (Å²) >= 11 is 7.70. The van der Waals surface area contributed by atoms with E-state index in [1.807, 2.05) is 36.0 Å². The quantitative estimate of drug-likeness (QED) is 0.773. The molecular weight excluding hydrogens is 226 g/mol. The van der Waals surface area contributed by atoms with Gasteiger partial charge in [0.2, 0.25) is 0 Å². The zero-order valence-corrected chi connectivity index (χ0v) is 10.2. The molecule has 0 bridgehead atoms. The minimum absolute atomic E-state index is 0.782. The van der Waals surface area contributed by atoms with Crippen molar-refractivity contribution in [3.63, 3.8) is 0 Å². The van der Waals surface area contributed by atoms with Crippen molar-refractivity contribution in [1.82, 2.24) is 0 Å². The molecule has 1 aromatic rings. The Morgan fingerprint density at radius 2 is 2.00 bits per heavy atom. The van der Waals surface area contributed by atoms with Crippen LogP contribution < -0.4 is 5.73 Å². The van der Waals surface area contributed by atoms with Gasteiger partial charge in [0.15, 0.2) is 0 Å². The van der Waals surface area contributed by atoms with Crippen LogP contribution in [0.2, 0.25) is 5.02 Å². The molecule has 0 spiro atoms. The molecule has 0 aromatic heterocycles. The first-order chi connectivity index (χ1) is 7.33. The SMILES string of the molecule is NCCCSC/C=C/c1ccc(Cl)cc1. The van der Waals surface area contributed by atoms with Crippen LogP contribution in [0.1, 0.15) is 12.0 Å². The van der Waals surface area contributed by atoms with Gasteiger partial charge in [0.05, 0.1) is 0 Å². The van der Waals surface area contributed by atoms with Crippen molar-refractivity contribution in [2.75, 3.05) is 18.1 Å². The third kappa shape index (κ3) is 5.88. The highest BCUT2D eigenvalue weighted by atomic mass is 35.5. The van der Waals surface area contributed by atoms with Gasteiger partial charge in [-0.05, 0) is 36.4 Å². The first-order valence-electron chi connectivity index (χ1n) is 5.03. The second-order valence-corrected chi connectivity index (χ2v) is 4.76. The molecule has 0 atom stereocenters. The topological polar surface area (TPSA) is 26.0 Å². The lowest BCUT2D eigenvalue weighted by Gasteiger charge is -1.95. The summed E-state index contributed by atoms with van der Waals surface area (Å²) in [5, 5.41) is 0.782. The molecule has 1 nitrogen and oxygen atoms in total. The van der Waals surface area contributed by atoms with Gasteiger partial charge in [0.1, 0.15) is 0 Å². The van der Waals surface area contributed by atoms with E-state index in [1.165, 1.54) is 5.56 Å². The van der Waals surface area contributed by atoms with Crippen LogP contribution in [0, 0.1) is 0 Å². The minimum Gasteiger partial charge on any atom is -0.330 e. The largest absolute Gasteiger partial charge is 0.330 e. The molecule has 0 aliphatic carbocycles. The highest BCUT2D eigenvalue weighted by molar-refractivity contribution is 7.99. The molecule has 0 saturated carbocycles. The van der Waals surface area contributed by atoms with E-state index in [4.69, 9.17) is 17.3 Å². The van der Waals surface area contributed by atoms with Gasteiger partial charge in [-0.25, -0.2) is 0 Å². The van der Waals surface area contributed by atoms with Crippen LogP contribution in [0.4, 0.5) is 0 Å². The second kappa shape index (κ2) is 7.80. The molecule has 1 rings (SSSR count). The van der Waals surface area contributed by atoms with Gasteiger partial charge in [-0.3, -0.25) is 0 Å². The molecule has 0 aliphatic rings. The van der Waals surface area contributed by atoms with Gasteiger partial charge in [-0.1, -0.05) is 35.9 Å². The number of nitrogens with two attached hydrogens (primary N) is 1. The van der Waals surface area contributed by atoms with E-state index in [0.29, 0.717) is 0 Å².